The molecule has 0 aromatic carbocycles. The van der Waals surface area contributed by atoms with Gasteiger partial charge in [-0.15, -0.1) is 0 Å². The lowest BCUT2D eigenvalue weighted by Gasteiger charge is -2.62. The molecule has 1 aliphatic heterocycles. The van der Waals surface area contributed by atoms with Crippen molar-refractivity contribution < 1.29 is 14.3 Å². The zero-order valence-corrected chi connectivity index (χ0v) is 18.1. The molecule has 7 atom stereocenters. The molecule has 4 aliphatic rings. The maximum Gasteiger partial charge on any atom is 0.406 e. The average molecular weight is 391 g/mol. The van der Waals surface area contributed by atoms with Gasteiger partial charge in [-0.3, -0.25) is 4.79 Å². The fourth-order valence-corrected chi connectivity index (χ4v) is 8.02. The Kier molecular flexibility index (Phi) is 5.16. The number of nitrogens with one attached hydrogen (secondary N) is 1. The topological polar surface area (TPSA) is 58.6 Å². The molecule has 28 heavy (non-hydrogen) atoms. The summed E-state index contributed by atoms with van der Waals surface area (Å²) in [7, 11) is 1.63. The van der Waals surface area contributed by atoms with Crippen molar-refractivity contribution in [2.24, 2.45) is 34.5 Å². The van der Waals surface area contributed by atoms with Crippen molar-refractivity contribution in [3.05, 3.63) is 0 Å². The minimum atomic E-state index is -0.305. The predicted octanol–water partition coefficient (Wildman–Crippen LogP) is 4.21. The van der Waals surface area contributed by atoms with Crippen LogP contribution in [-0.2, 0) is 9.53 Å². The van der Waals surface area contributed by atoms with Gasteiger partial charge in [-0.25, -0.2) is 4.79 Å². The fourth-order valence-electron chi connectivity index (χ4n) is 8.02. The molecule has 1 saturated heterocycles. The van der Waals surface area contributed by atoms with E-state index in [1.165, 1.54) is 38.5 Å². The number of carbonyl (C=O) groups is 2. The molecule has 3 aliphatic carbocycles. The summed E-state index contributed by atoms with van der Waals surface area (Å²) in [6.07, 6.45) is 8.89. The standard InChI is InChI=1S/C23H38N2O3/c1-5-25-19-9-7-16-17-8-6-15(14-28-21(27)24-4)22(17,2)12-10-18(16)23(19,3)13-11-20(25)26/h15-19H,5-14H2,1-4H3,(H,24,27)/t15?,16-,17-,18-,19+,22+,23+/m0/s1. The van der Waals surface area contributed by atoms with Gasteiger partial charge in [0.25, 0.3) is 0 Å². The molecule has 3 saturated carbocycles. The van der Waals surface area contributed by atoms with Crippen LogP contribution in [0.2, 0.25) is 0 Å². The van der Waals surface area contributed by atoms with E-state index < -0.39 is 0 Å². The van der Waals surface area contributed by atoms with Gasteiger partial charge in [-0.2, -0.15) is 0 Å². The van der Waals surface area contributed by atoms with Crippen molar-refractivity contribution >= 4 is 12.0 Å². The van der Waals surface area contributed by atoms with Crippen LogP contribution in [0.3, 0.4) is 0 Å². The van der Waals surface area contributed by atoms with Crippen LogP contribution in [0.1, 0.15) is 72.1 Å². The highest BCUT2D eigenvalue weighted by Crippen LogP contribution is 2.66. The maximum absolute atomic E-state index is 12.5. The first-order valence-electron chi connectivity index (χ1n) is 11.5. The van der Waals surface area contributed by atoms with Gasteiger partial charge in [0.15, 0.2) is 0 Å². The van der Waals surface area contributed by atoms with Crippen molar-refractivity contribution in [2.45, 2.75) is 78.2 Å². The van der Waals surface area contributed by atoms with E-state index >= 15 is 0 Å². The van der Waals surface area contributed by atoms with Crippen molar-refractivity contribution in [1.29, 1.82) is 0 Å². The minimum Gasteiger partial charge on any atom is -0.449 e. The Morgan fingerprint density at radius 3 is 2.57 bits per heavy atom. The quantitative estimate of drug-likeness (QED) is 0.785. The third-order valence-electron chi connectivity index (χ3n) is 9.55. The predicted molar refractivity (Wildman–Crippen MR) is 109 cm³/mol. The van der Waals surface area contributed by atoms with Gasteiger partial charge in [0.1, 0.15) is 0 Å². The zero-order chi connectivity index (χ0) is 20.1. The Morgan fingerprint density at radius 1 is 1.11 bits per heavy atom. The summed E-state index contributed by atoms with van der Waals surface area (Å²) in [5.74, 6) is 3.12. The Labute approximate surface area is 169 Å². The maximum atomic E-state index is 12.5. The number of piperidine rings is 1. The number of hydrogen-bond donors (Lipinski definition) is 1. The van der Waals surface area contributed by atoms with Crippen molar-refractivity contribution in [2.75, 3.05) is 20.2 Å². The molecule has 4 fully saturated rings. The van der Waals surface area contributed by atoms with Crippen LogP contribution in [0.15, 0.2) is 0 Å². The SMILES string of the molecule is CCN1C(=O)CC[C@]2(C)[C@H]3CC[C@]4(C)C(COC(=O)NC)CC[C@H]4[C@@H]3CC[C@@H]12. The van der Waals surface area contributed by atoms with Gasteiger partial charge in [0.2, 0.25) is 5.91 Å². The molecule has 4 rings (SSSR count). The van der Waals surface area contributed by atoms with Gasteiger partial charge in [0.05, 0.1) is 6.61 Å². The van der Waals surface area contributed by atoms with E-state index in [4.69, 9.17) is 4.74 Å². The Balaban J connectivity index is 1.53. The monoisotopic (exact) mass is 390 g/mol. The van der Waals surface area contributed by atoms with E-state index in [2.05, 4.69) is 31.0 Å². The van der Waals surface area contributed by atoms with Crippen LogP contribution >= 0.6 is 0 Å². The number of amides is 2. The first-order valence-corrected chi connectivity index (χ1v) is 11.5. The van der Waals surface area contributed by atoms with E-state index in [9.17, 15) is 9.59 Å². The van der Waals surface area contributed by atoms with Crippen LogP contribution in [0.25, 0.3) is 0 Å². The molecule has 1 N–H and O–H groups in total. The molecule has 0 bridgehead atoms. The molecule has 0 radical (unpaired) electrons. The summed E-state index contributed by atoms with van der Waals surface area (Å²) >= 11 is 0. The van der Waals surface area contributed by atoms with Crippen LogP contribution in [-0.4, -0.2) is 43.1 Å². The fraction of sp³-hybridized carbons (Fsp3) is 0.913. The summed E-state index contributed by atoms with van der Waals surface area (Å²) in [5, 5.41) is 2.57. The number of fused-ring (bicyclic) bond motifs is 5. The lowest BCUT2D eigenvalue weighted by Crippen LogP contribution is -2.62. The summed E-state index contributed by atoms with van der Waals surface area (Å²) < 4.78 is 5.48. The van der Waals surface area contributed by atoms with Crippen LogP contribution in [0, 0.1) is 34.5 Å². The molecule has 0 spiro atoms. The number of likely N-dealkylation sites (tertiary alicyclic amines) is 1. The highest BCUT2D eigenvalue weighted by atomic mass is 16.5. The van der Waals surface area contributed by atoms with Gasteiger partial charge in [-0.05, 0) is 86.4 Å². The summed E-state index contributed by atoms with van der Waals surface area (Å²) in [5.41, 5.74) is 0.582. The molecule has 5 heteroatoms. The lowest BCUT2D eigenvalue weighted by molar-refractivity contribution is -0.161. The number of carbonyl (C=O) groups excluding carboxylic acids is 2. The molecular weight excluding hydrogens is 352 g/mol. The zero-order valence-electron chi connectivity index (χ0n) is 18.1. The van der Waals surface area contributed by atoms with Crippen molar-refractivity contribution in [3.8, 4) is 0 Å². The third-order valence-corrected chi connectivity index (χ3v) is 9.55. The van der Waals surface area contributed by atoms with E-state index in [0.717, 1.165) is 37.1 Å². The summed E-state index contributed by atoms with van der Waals surface area (Å²) in [4.78, 5) is 26.3. The van der Waals surface area contributed by atoms with E-state index in [-0.39, 0.29) is 11.5 Å². The van der Waals surface area contributed by atoms with Gasteiger partial charge in [0, 0.05) is 26.1 Å². The van der Waals surface area contributed by atoms with E-state index in [0.29, 0.717) is 29.9 Å². The summed E-state index contributed by atoms with van der Waals surface area (Å²) in [6, 6.07) is 0.443. The Hall–Kier alpha value is -1.26. The lowest BCUT2D eigenvalue weighted by atomic mass is 9.47. The number of rotatable bonds is 3. The highest BCUT2D eigenvalue weighted by Gasteiger charge is 2.61. The number of alkyl carbamates (subject to hydrolysis) is 1. The molecule has 0 aromatic rings. The highest BCUT2D eigenvalue weighted by molar-refractivity contribution is 5.77. The second-order valence-electron chi connectivity index (χ2n) is 10.3. The number of nitrogens with zero attached hydrogens (tertiary/aromatic N) is 1. The molecule has 1 heterocycles. The second-order valence-corrected chi connectivity index (χ2v) is 10.3. The number of ether oxygens (including phenoxy) is 1. The van der Waals surface area contributed by atoms with E-state index in [1.807, 2.05) is 0 Å². The van der Waals surface area contributed by atoms with Crippen molar-refractivity contribution in [3.63, 3.8) is 0 Å². The Morgan fingerprint density at radius 2 is 1.86 bits per heavy atom. The van der Waals surface area contributed by atoms with Crippen molar-refractivity contribution in [1.82, 2.24) is 10.2 Å². The van der Waals surface area contributed by atoms with Gasteiger partial charge >= 0.3 is 6.09 Å². The largest absolute Gasteiger partial charge is 0.449 e. The molecular formula is C23H38N2O3. The molecule has 158 valence electrons. The molecule has 5 nitrogen and oxygen atoms in total. The van der Waals surface area contributed by atoms with Crippen LogP contribution < -0.4 is 5.32 Å². The molecule has 2 amide bonds. The summed E-state index contributed by atoms with van der Waals surface area (Å²) in [6.45, 7) is 8.52. The van der Waals surface area contributed by atoms with E-state index in [1.54, 1.807) is 7.05 Å². The minimum absolute atomic E-state index is 0.283. The smallest absolute Gasteiger partial charge is 0.406 e. The van der Waals surface area contributed by atoms with Crippen LogP contribution in [0.4, 0.5) is 4.79 Å². The Bertz CT molecular complexity index is 637. The molecule has 0 aromatic heterocycles. The number of hydrogen-bond acceptors (Lipinski definition) is 3. The third kappa shape index (κ3) is 2.87. The van der Waals surface area contributed by atoms with Gasteiger partial charge < -0.3 is 15.0 Å². The first kappa shape index (κ1) is 20.0. The average Bonchev–Trinajstić information content (AvgIpc) is 3.03. The second kappa shape index (κ2) is 7.21. The first-order chi connectivity index (χ1) is 13.3. The molecule has 1 unspecified atom stereocenters. The normalized spacial score (nSPS) is 45.1. The van der Waals surface area contributed by atoms with Gasteiger partial charge in [-0.1, -0.05) is 13.8 Å². The van der Waals surface area contributed by atoms with Crippen LogP contribution in [0.5, 0.6) is 0 Å².